The number of ether oxygens (including phenoxy) is 1. The number of nitrogens with one attached hydrogen (secondary N) is 2. The standard InChI is InChI=1S/C16H21N3O2/c1-6-21-14(20)8-10(3)17-15-11(4)9(2)7-13-16(15)19-12(5)18-13/h7-8,17H,6H2,1-5H3,(H,18,19)/b10-8-. The number of hydrogen-bond acceptors (Lipinski definition) is 4. The van der Waals surface area contributed by atoms with E-state index in [9.17, 15) is 4.79 Å². The number of aryl methyl sites for hydroxylation is 2. The van der Waals surface area contributed by atoms with E-state index in [1.807, 2.05) is 20.8 Å². The molecule has 2 N–H and O–H groups in total. The normalized spacial score (nSPS) is 11.8. The van der Waals surface area contributed by atoms with Crippen LogP contribution < -0.4 is 5.32 Å². The molecular weight excluding hydrogens is 266 g/mol. The lowest BCUT2D eigenvalue weighted by molar-refractivity contribution is -0.137. The number of carbonyl (C=O) groups excluding carboxylic acids is 1. The maximum atomic E-state index is 11.5. The highest BCUT2D eigenvalue weighted by molar-refractivity contribution is 5.93. The van der Waals surface area contributed by atoms with Crippen molar-refractivity contribution in [1.82, 2.24) is 9.97 Å². The molecule has 0 saturated heterocycles. The molecule has 2 rings (SSSR count). The largest absolute Gasteiger partial charge is 0.463 e. The number of anilines is 1. The predicted molar refractivity (Wildman–Crippen MR) is 84.3 cm³/mol. The van der Waals surface area contributed by atoms with Crippen molar-refractivity contribution in [3.05, 3.63) is 34.8 Å². The van der Waals surface area contributed by atoms with Crippen molar-refractivity contribution in [2.45, 2.75) is 34.6 Å². The topological polar surface area (TPSA) is 67.0 Å². The molecule has 0 aliphatic carbocycles. The number of aromatic amines is 1. The second-order valence-electron chi connectivity index (χ2n) is 5.12. The Morgan fingerprint density at radius 3 is 2.81 bits per heavy atom. The van der Waals surface area contributed by atoms with Crippen molar-refractivity contribution >= 4 is 22.7 Å². The predicted octanol–water partition coefficient (Wildman–Crippen LogP) is 3.37. The summed E-state index contributed by atoms with van der Waals surface area (Å²) in [5.41, 5.74) is 5.80. The molecule has 0 unspecified atom stereocenters. The highest BCUT2D eigenvalue weighted by Crippen LogP contribution is 2.29. The van der Waals surface area contributed by atoms with Crippen molar-refractivity contribution in [2.24, 2.45) is 0 Å². The molecule has 1 heterocycles. The lowest BCUT2D eigenvalue weighted by atomic mass is 10.1. The number of allylic oxidation sites excluding steroid dienone is 1. The fourth-order valence-electron chi connectivity index (χ4n) is 2.25. The van der Waals surface area contributed by atoms with E-state index < -0.39 is 0 Å². The minimum Gasteiger partial charge on any atom is -0.463 e. The molecule has 0 radical (unpaired) electrons. The third-order valence-electron chi connectivity index (χ3n) is 3.36. The van der Waals surface area contributed by atoms with Crippen LogP contribution in [0.2, 0.25) is 0 Å². The fraction of sp³-hybridized carbons (Fsp3) is 0.375. The summed E-state index contributed by atoms with van der Waals surface area (Å²) >= 11 is 0. The van der Waals surface area contributed by atoms with E-state index in [-0.39, 0.29) is 5.97 Å². The van der Waals surface area contributed by atoms with Crippen LogP contribution in [0.15, 0.2) is 17.8 Å². The third kappa shape index (κ3) is 3.24. The van der Waals surface area contributed by atoms with Crippen molar-refractivity contribution in [3.63, 3.8) is 0 Å². The van der Waals surface area contributed by atoms with E-state index in [1.165, 1.54) is 6.08 Å². The van der Waals surface area contributed by atoms with Gasteiger partial charge in [-0.15, -0.1) is 0 Å². The molecule has 2 aromatic rings. The monoisotopic (exact) mass is 287 g/mol. The zero-order chi connectivity index (χ0) is 15.6. The Morgan fingerprint density at radius 1 is 1.43 bits per heavy atom. The molecule has 5 nitrogen and oxygen atoms in total. The summed E-state index contributed by atoms with van der Waals surface area (Å²) in [6, 6.07) is 2.08. The Bertz CT molecular complexity index is 714. The average Bonchev–Trinajstić information content (AvgIpc) is 2.75. The smallest absolute Gasteiger partial charge is 0.332 e. The van der Waals surface area contributed by atoms with Gasteiger partial charge in [-0.1, -0.05) is 0 Å². The summed E-state index contributed by atoms with van der Waals surface area (Å²) in [7, 11) is 0. The summed E-state index contributed by atoms with van der Waals surface area (Å²) in [6.07, 6.45) is 1.45. The Balaban J connectivity index is 2.41. The van der Waals surface area contributed by atoms with Gasteiger partial charge in [0.1, 0.15) is 11.3 Å². The number of H-pyrrole nitrogens is 1. The van der Waals surface area contributed by atoms with Crippen LogP contribution in [0.3, 0.4) is 0 Å². The maximum absolute atomic E-state index is 11.5. The first-order valence-electron chi connectivity index (χ1n) is 7.01. The third-order valence-corrected chi connectivity index (χ3v) is 3.36. The number of imidazole rings is 1. The van der Waals surface area contributed by atoms with Gasteiger partial charge in [0.2, 0.25) is 0 Å². The van der Waals surface area contributed by atoms with Crippen LogP contribution in [-0.2, 0) is 9.53 Å². The molecule has 0 amide bonds. The summed E-state index contributed by atoms with van der Waals surface area (Å²) < 4.78 is 4.92. The minimum absolute atomic E-state index is 0.345. The van der Waals surface area contributed by atoms with Gasteiger partial charge >= 0.3 is 5.97 Å². The van der Waals surface area contributed by atoms with Crippen molar-refractivity contribution in [3.8, 4) is 0 Å². The van der Waals surface area contributed by atoms with E-state index in [4.69, 9.17) is 4.74 Å². The molecule has 0 aliphatic rings. The first-order valence-corrected chi connectivity index (χ1v) is 7.01. The van der Waals surface area contributed by atoms with E-state index in [2.05, 4.69) is 28.3 Å². The highest BCUT2D eigenvalue weighted by Gasteiger charge is 2.12. The van der Waals surface area contributed by atoms with E-state index in [0.29, 0.717) is 6.61 Å². The molecule has 1 aromatic carbocycles. The molecule has 0 atom stereocenters. The van der Waals surface area contributed by atoms with Crippen molar-refractivity contribution in [1.29, 1.82) is 0 Å². The Morgan fingerprint density at radius 2 is 2.14 bits per heavy atom. The summed E-state index contributed by atoms with van der Waals surface area (Å²) in [5, 5.41) is 3.27. The Kier molecular flexibility index (Phi) is 4.31. The zero-order valence-corrected chi connectivity index (χ0v) is 13.1. The van der Waals surface area contributed by atoms with Crippen molar-refractivity contribution < 1.29 is 9.53 Å². The highest BCUT2D eigenvalue weighted by atomic mass is 16.5. The summed E-state index contributed by atoms with van der Waals surface area (Å²) in [6.45, 7) is 10.0. The maximum Gasteiger partial charge on any atom is 0.332 e. The number of hydrogen-bond donors (Lipinski definition) is 2. The average molecular weight is 287 g/mol. The van der Waals surface area contributed by atoms with Crippen LogP contribution in [0, 0.1) is 20.8 Å². The number of aromatic nitrogens is 2. The molecule has 0 aliphatic heterocycles. The van der Waals surface area contributed by atoms with Gasteiger partial charge in [-0.3, -0.25) is 0 Å². The van der Waals surface area contributed by atoms with Crippen LogP contribution in [0.5, 0.6) is 0 Å². The molecule has 21 heavy (non-hydrogen) atoms. The number of carbonyl (C=O) groups is 1. The van der Waals surface area contributed by atoms with Gasteiger partial charge in [-0.25, -0.2) is 9.78 Å². The minimum atomic E-state index is -0.345. The van der Waals surface area contributed by atoms with Crippen LogP contribution in [0.4, 0.5) is 5.69 Å². The number of rotatable bonds is 4. The molecule has 0 saturated carbocycles. The second-order valence-corrected chi connectivity index (χ2v) is 5.12. The van der Waals surface area contributed by atoms with E-state index >= 15 is 0 Å². The summed E-state index contributed by atoms with van der Waals surface area (Å²) in [5.74, 6) is 0.521. The Hall–Kier alpha value is -2.30. The van der Waals surface area contributed by atoms with Crippen LogP contribution in [-0.4, -0.2) is 22.5 Å². The molecular formula is C16H21N3O2. The van der Waals surface area contributed by atoms with Gasteiger partial charge < -0.3 is 15.0 Å². The van der Waals surface area contributed by atoms with Gasteiger partial charge in [0.25, 0.3) is 0 Å². The van der Waals surface area contributed by atoms with Crippen LogP contribution >= 0.6 is 0 Å². The van der Waals surface area contributed by atoms with Gasteiger partial charge in [0, 0.05) is 11.8 Å². The zero-order valence-electron chi connectivity index (χ0n) is 13.1. The molecule has 5 heteroatoms. The molecule has 112 valence electrons. The number of benzene rings is 1. The quantitative estimate of drug-likeness (QED) is 0.668. The van der Waals surface area contributed by atoms with Gasteiger partial charge in [-0.05, 0) is 51.8 Å². The molecule has 0 bridgehead atoms. The van der Waals surface area contributed by atoms with Crippen LogP contribution in [0.1, 0.15) is 30.8 Å². The van der Waals surface area contributed by atoms with Gasteiger partial charge in [0.15, 0.2) is 0 Å². The van der Waals surface area contributed by atoms with E-state index in [1.54, 1.807) is 6.92 Å². The van der Waals surface area contributed by atoms with E-state index in [0.717, 1.165) is 39.4 Å². The number of fused-ring (bicyclic) bond motifs is 1. The Labute approximate surface area is 124 Å². The van der Waals surface area contributed by atoms with Gasteiger partial charge in [0.05, 0.1) is 17.8 Å². The lowest BCUT2D eigenvalue weighted by Gasteiger charge is -2.13. The first kappa shape index (κ1) is 15.1. The van der Waals surface area contributed by atoms with Crippen LogP contribution in [0.25, 0.3) is 11.0 Å². The molecule has 1 aromatic heterocycles. The molecule has 0 spiro atoms. The van der Waals surface area contributed by atoms with Gasteiger partial charge in [-0.2, -0.15) is 0 Å². The first-order chi connectivity index (χ1) is 9.92. The lowest BCUT2D eigenvalue weighted by Crippen LogP contribution is -2.05. The fourth-order valence-corrected chi connectivity index (χ4v) is 2.25. The number of nitrogens with zero attached hydrogens (tertiary/aromatic N) is 1. The second kappa shape index (κ2) is 5.99. The summed E-state index contributed by atoms with van der Waals surface area (Å²) in [4.78, 5) is 19.3. The number of esters is 1. The molecule has 0 fully saturated rings. The van der Waals surface area contributed by atoms with Crippen molar-refractivity contribution in [2.75, 3.05) is 11.9 Å². The SMILES string of the molecule is CCOC(=O)/C=C(/C)Nc1c(C)c(C)cc2[nH]c(C)nc12.